The molecule has 0 bridgehead atoms. The molecule has 0 unspecified atom stereocenters. The van der Waals surface area contributed by atoms with Gasteiger partial charge in [-0.2, -0.15) is 5.10 Å². The average Bonchev–Trinajstić information content (AvgIpc) is 2.90. The van der Waals surface area contributed by atoms with Crippen LogP contribution in [0, 0.1) is 5.82 Å². The summed E-state index contributed by atoms with van der Waals surface area (Å²) in [6.07, 6.45) is 1.70. The highest BCUT2D eigenvalue weighted by atomic mass is 32.1. The Kier molecular flexibility index (Phi) is 2.07. The van der Waals surface area contributed by atoms with E-state index in [1.54, 1.807) is 18.3 Å². The maximum Gasteiger partial charge on any atom is 0.188 e. The summed E-state index contributed by atoms with van der Waals surface area (Å²) in [5, 5.41) is 13.0. The molecule has 0 aliphatic carbocycles. The lowest BCUT2D eigenvalue weighted by molar-refractivity contribution is 0.636. The molecule has 2 aromatic heterocycles. The Morgan fingerprint density at radius 2 is 2.31 bits per heavy atom. The molecule has 6 heteroatoms. The Bertz CT molecular complexity index is 617. The Hall–Kier alpha value is -1.95. The van der Waals surface area contributed by atoms with E-state index >= 15 is 0 Å². The molecule has 3 aromatic rings. The summed E-state index contributed by atoms with van der Waals surface area (Å²) >= 11 is 1.46. The smallest absolute Gasteiger partial charge is 0.188 e. The minimum Gasteiger partial charge on any atom is -0.314 e. The standard InChI is InChI=1S/C10H7FN4S/c11-7-3-1-2-6-8(7)14-15-9(6)13-10-12-4-5-16-10/h1-5H,(H2,12,13,14,15). The number of hydrogen-bond donors (Lipinski definition) is 2. The fourth-order valence-corrected chi connectivity index (χ4v) is 2.02. The monoisotopic (exact) mass is 234 g/mol. The number of thiazole rings is 1. The van der Waals surface area contributed by atoms with Crippen molar-refractivity contribution in [2.45, 2.75) is 0 Å². The van der Waals surface area contributed by atoms with E-state index in [1.165, 1.54) is 17.4 Å². The first-order chi connectivity index (χ1) is 7.84. The van der Waals surface area contributed by atoms with Gasteiger partial charge in [0.15, 0.2) is 10.9 Å². The van der Waals surface area contributed by atoms with Gasteiger partial charge in [0.1, 0.15) is 11.3 Å². The molecule has 3 rings (SSSR count). The topological polar surface area (TPSA) is 53.6 Å². The van der Waals surface area contributed by atoms with E-state index in [9.17, 15) is 4.39 Å². The zero-order valence-corrected chi connectivity index (χ0v) is 8.88. The quantitative estimate of drug-likeness (QED) is 0.716. The highest BCUT2D eigenvalue weighted by Crippen LogP contribution is 2.25. The highest BCUT2D eigenvalue weighted by Gasteiger charge is 2.09. The molecule has 2 N–H and O–H groups in total. The number of aromatic amines is 1. The summed E-state index contributed by atoms with van der Waals surface area (Å²) in [5.74, 6) is 0.279. The van der Waals surface area contributed by atoms with E-state index in [2.05, 4.69) is 20.5 Å². The van der Waals surface area contributed by atoms with Crippen LogP contribution in [0.1, 0.15) is 0 Å². The van der Waals surface area contributed by atoms with Gasteiger partial charge in [-0.05, 0) is 12.1 Å². The second-order valence-electron chi connectivity index (χ2n) is 3.20. The summed E-state index contributed by atoms with van der Waals surface area (Å²) in [7, 11) is 0. The van der Waals surface area contributed by atoms with Crippen LogP contribution in [0.3, 0.4) is 0 Å². The highest BCUT2D eigenvalue weighted by molar-refractivity contribution is 7.13. The third-order valence-electron chi connectivity index (χ3n) is 2.21. The normalized spacial score (nSPS) is 10.8. The molecule has 0 amide bonds. The fourth-order valence-electron chi connectivity index (χ4n) is 1.49. The van der Waals surface area contributed by atoms with Crippen LogP contribution in [-0.2, 0) is 0 Å². The number of hydrogen-bond acceptors (Lipinski definition) is 4. The number of halogens is 1. The van der Waals surface area contributed by atoms with Crippen molar-refractivity contribution < 1.29 is 4.39 Å². The van der Waals surface area contributed by atoms with Crippen molar-refractivity contribution in [2.24, 2.45) is 0 Å². The van der Waals surface area contributed by atoms with Crippen molar-refractivity contribution in [2.75, 3.05) is 5.32 Å². The van der Waals surface area contributed by atoms with Crippen LogP contribution in [-0.4, -0.2) is 15.2 Å². The minimum absolute atomic E-state index is 0.308. The predicted molar refractivity (Wildman–Crippen MR) is 61.4 cm³/mol. The molecule has 80 valence electrons. The number of rotatable bonds is 2. The molecular formula is C10H7FN4S. The molecule has 16 heavy (non-hydrogen) atoms. The Morgan fingerprint density at radius 3 is 3.12 bits per heavy atom. The van der Waals surface area contributed by atoms with Crippen LogP contribution < -0.4 is 5.32 Å². The lowest BCUT2D eigenvalue weighted by Crippen LogP contribution is -1.89. The van der Waals surface area contributed by atoms with Crippen LogP contribution in [0.4, 0.5) is 15.3 Å². The molecule has 0 aliphatic rings. The first kappa shape index (κ1) is 9.29. The van der Waals surface area contributed by atoms with E-state index in [0.29, 0.717) is 11.3 Å². The van der Waals surface area contributed by atoms with E-state index < -0.39 is 0 Å². The number of aromatic nitrogens is 3. The number of anilines is 2. The molecule has 0 atom stereocenters. The minimum atomic E-state index is -0.308. The van der Waals surface area contributed by atoms with Gasteiger partial charge in [-0.25, -0.2) is 9.37 Å². The molecule has 0 aliphatic heterocycles. The van der Waals surface area contributed by atoms with Gasteiger partial charge in [0.05, 0.1) is 0 Å². The molecule has 0 saturated carbocycles. The van der Waals surface area contributed by atoms with Gasteiger partial charge in [0.2, 0.25) is 0 Å². The first-order valence-corrected chi connectivity index (χ1v) is 5.51. The van der Waals surface area contributed by atoms with Gasteiger partial charge in [0, 0.05) is 17.0 Å². The van der Waals surface area contributed by atoms with Crippen molar-refractivity contribution >= 4 is 33.2 Å². The van der Waals surface area contributed by atoms with E-state index in [1.807, 2.05) is 5.38 Å². The number of para-hydroxylation sites is 1. The molecule has 0 radical (unpaired) electrons. The van der Waals surface area contributed by atoms with E-state index in [4.69, 9.17) is 0 Å². The second-order valence-corrected chi connectivity index (χ2v) is 4.09. The maximum atomic E-state index is 13.4. The fraction of sp³-hybridized carbons (Fsp3) is 0. The zero-order valence-electron chi connectivity index (χ0n) is 8.07. The van der Waals surface area contributed by atoms with Gasteiger partial charge in [-0.15, -0.1) is 11.3 Å². The predicted octanol–water partition coefficient (Wildman–Crippen LogP) is 2.90. The van der Waals surface area contributed by atoms with Crippen LogP contribution in [0.15, 0.2) is 29.8 Å². The number of H-pyrrole nitrogens is 1. The summed E-state index contributed by atoms with van der Waals surface area (Å²) in [4.78, 5) is 4.08. The molecule has 4 nitrogen and oxygen atoms in total. The summed E-state index contributed by atoms with van der Waals surface area (Å²) in [6.45, 7) is 0. The number of nitrogens with zero attached hydrogens (tertiary/aromatic N) is 2. The van der Waals surface area contributed by atoms with Crippen LogP contribution in [0.5, 0.6) is 0 Å². The lowest BCUT2D eigenvalue weighted by atomic mass is 10.2. The molecule has 1 aromatic carbocycles. The average molecular weight is 234 g/mol. The van der Waals surface area contributed by atoms with Crippen LogP contribution >= 0.6 is 11.3 Å². The number of nitrogens with one attached hydrogen (secondary N) is 2. The Balaban J connectivity index is 2.08. The van der Waals surface area contributed by atoms with Gasteiger partial charge in [-0.1, -0.05) is 6.07 Å². The number of fused-ring (bicyclic) bond motifs is 1. The van der Waals surface area contributed by atoms with Crippen molar-refractivity contribution in [1.82, 2.24) is 15.2 Å². The SMILES string of the molecule is Fc1cccc2c(Nc3nccs3)n[nH]c12. The first-order valence-electron chi connectivity index (χ1n) is 4.64. The van der Waals surface area contributed by atoms with Gasteiger partial charge in [0.25, 0.3) is 0 Å². The number of benzene rings is 1. The van der Waals surface area contributed by atoms with Crippen molar-refractivity contribution in [3.05, 3.63) is 35.6 Å². The molecule has 0 saturated heterocycles. The van der Waals surface area contributed by atoms with Gasteiger partial charge >= 0.3 is 0 Å². The molecule has 2 heterocycles. The third-order valence-corrected chi connectivity index (χ3v) is 2.89. The molecular weight excluding hydrogens is 227 g/mol. The maximum absolute atomic E-state index is 13.4. The summed E-state index contributed by atoms with van der Waals surface area (Å²) in [5.41, 5.74) is 0.404. The van der Waals surface area contributed by atoms with E-state index in [-0.39, 0.29) is 5.82 Å². The van der Waals surface area contributed by atoms with Crippen LogP contribution in [0.2, 0.25) is 0 Å². The summed E-state index contributed by atoms with van der Waals surface area (Å²) in [6, 6.07) is 4.85. The summed E-state index contributed by atoms with van der Waals surface area (Å²) < 4.78 is 13.4. The van der Waals surface area contributed by atoms with Crippen molar-refractivity contribution in [1.29, 1.82) is 0 Å². The van der Waals surface area contributed by atoms with Crippen LogP contribution in [0.25, 0.3) is 10.9 Å². The Morgan fingerprint density at radius 1 is 1.38 bits per heavy atom. The third kappa shape index (κ3) is 1.43. The van der Waals surface area contributed by atoms with Crippen molar-refractivity contribution in [3.63, 3.8) is 0 Å². The van der Waals surface area contributed by atoms with Gasteiger partial charge < -0.3 is 5.32 Å². The second kappa shape index (κ2) is 3.57. The lowest BCUT2D eigenvalue weighted by Gasteiger charge is -1.97. The zero-order chi connectivity index (χ0) is 11.0. The van der Waals surface area contributed by atoms with Gasteiger partial charge in [-0.3, -0.25) is 5.10 Å². The molecule has 0 fully saturated rings. The Labute approximate surface area is 94.1 Å². The largest absolute Gasteiger partial charge is 0.314 e. The van der Waals surface area contributed by atoms with Crippen molar-refractivity contribution in [3.8, 4) is 0 Å². The van der Waals surface area contributed by atoms with E-state index in [0.717, 1.165) is 10.5 Å². The molecule has 0 spiro atoms.